The summed E-state index contributed by atoms with van der Waals surface area (Å²) in [7, 11) is 0. The average Bonchev–Trinajstić information content (AvgIpc) is 3.05. The molecule has 5 nitrogen and oxygen atoms in total. The van der Waals surface area contributed by atoms with E-state index >= 15 is 0 Å². The molecular weight excluding hydrogens is 330 g/mol. The van der Waals surface area contributed by atoms with Crippen molar-refractivity contribution in [1.29, 1.82) is 0 Å². The summed E-state index contributed by atoms with van der Waals surface area (Å²) < 4.78 is 0. The number of rotatable bonds is 6. The van der Waals surface area contributed by atoms with E-state index in [4.69, 9.17) is 0 Å². The Bertz CT molecular complexity index is 779. The number of H-pyrrole nitrogens is 1. The smallest absolute Gasteiger partial charge is 0.259 e. The van der Waals surface area contributed by atoms with Crippen LogP contribution in [0.2, 0.25) is 0 Å². The number of carbonyl (C=O) groups excluding carboxylic acids is 1. The number of hydrogen-bond acceptors (Lipinski definition) is 5. The fourth-order valence-electron chi connectivity index (χ4n) is 2.72. The molecule has 2 heterocycles. The normalized spacial score (nSPS) is 13.7. The predicted molar refractivity (Wildman–Crippen MR) is 96.3 cm³/mol. The molecule has 0 saturated carbocycles. The third kappa shape index (κ3) is 3.77. The van der Waals surface area contributed by atoms with Gasteiger partial charge < -0.3 is 10.3 Å². The fourth-order valence-corrected chi connectivity index (χ4v) is 4.73. The first-order chi connectivity index (χ1) is 11.0. The molecule has 0 atom stereocenters. The molecule has 2 N–H and O–H groups in total. The number of hydrogen-bond donors (Lipinski definition) is 2. The van der Waals surface area contributed by atoms with Crippen molar-refractivity contribution in [2.75, 3.05) is 12.3 Å². The molecule has 1 aliphatic carbocycles. The first-order valence-electron chi connectivity index (χ1n) is 7.92. The number of amides is 1. The molecule has 0 aromatic carbocycles. The van der Waals surface area contributed by atoms with Crippen LogP contribution in [0.5, 0.6) is 0 Å². The second-order valence-corrected chi connectivity index (χ2v) is 8.31. The molecule has 1 amide bonds. The van der Waals surface area contributed by atoms with E-state index in [0.29, 0.717) is 29.8 Å². The van der Waals surface area contributed by atoms with E-state index in [0.717, 1.165) is 29.5 Å². The molecule has 0 bridgehead atoms. The fraction of sp³-hybridized carbons (Fsp3) is 0.562. The Balaban J connectivity index is 1.63. The van der Waals surface area contributed by atoms with Gasteiger partial charge in [0.25, 0.3) is 5.56 Å². The molecule has 0 spiro atoms. The Morgan fingerprint density at radius 2 is 2.26 bits per heavy atom. The molecular formula is C16H21N3O2S2. The summed E-state index contributed by atoms with van der Waals surface area (Å²) in [5, 5.41) is 3.67. The molecule has 124 valence electrons. The van der Waals surface area contributed by atoms with Crippen LogP contribution < -0.4 is 10.9 Å². The molecule has 0 aliphatic heterocycles. The van der Waals surface area contributed by atoms with Crippen LogP contribution in [0.3, 0.4) is 0 Å². The van der Waals surface area contributed by atoms with Gasteiger partial charge in [-0.3, -0.25) is 9.59 Å². The number of thiophene rings is 1. The lowest BCUT2D eigenvalue weighted by molar-refractivity contribution is -0.118. The van der Waals surface area contributed by atoms with Crippen LogP contribution in [-0.2, 0) is 23.4 Å². The molecule has 23 heavy (non-hydrogen) atoms. The number of aromatic amines is 1. The summed E-state index contributed by atoms with van der Waals surface area (Å²) in [5.41, 5.74) is 1.17. The lowest BCUT2D eigenvalue weighted by Gasteiger charge is -2.07. The summed E-state index contributed by atoms with van der Waals surface area (Å²) in [6.45, 7) is 4.83. The maximum absolute atomic E-state index is 12.3. The highest BCUT2D eigenvalue weighted by atomic mass is 32.2. The minimum atomic E-state index is -0.0331. The van der Waals surface area contributed by atoms with Crippen LogP contribution in [0.4, 0.5) is 0 Å². The summed E-state index contributed by atoms with van der Waals surface area (Å²) in [4.78, 5) is 33.6. The van der Waals surface area contributed by atoms with E-state index in [1.807, 2.05) is 0 Å². The van der Waals surface area contributed by atoms with Crippen LogP contribution in [0, 0.1) is 5.92 Å². The van der Waals surface area contributed by atoms with Crippen LogP contribution in [-0.4, -0.2) is 28.2 Å². The quantitative estimate of drug-likeness (QED) is 0.838. The second kappa shape index (κ2) is 7.05. The molecule has 3 rings (SSSR count). The molecule has 1 aliphatic rings. The highest BCUT2D eigenvalue weighted by molar-refractivity contribution is 7.99. The Labute approximate surface area is 143 Å². The molecule has 7 heteroatoms. The number of aryl methyl sites for hydroxylation is 2. The maximum atomic E-state index is 12.3. The maximum Gasteiger partial charge on any atom is 0.259 e. The van der Waals surface area contributed by atoms with Crippen molar-refractivity contribution in [3.63, 3.8) is 0 Å². The van der Waals surface area contributed by atoms with Crippen LogP contribution >= 0.6 is 23.1 Å². The number of thioether (sulfide) groups is 1. The standard InChI is InChI=1S/C16H21N3O2S2/c1-9(2)6-17-13(20)8-22-7-12-18-15(21)14-10-4-3-5-11(10)23-16(14)19-12/h9H,3-8H2,1-2H3,(H,17,20)(H,18,19,21). The zero-order chi connectivity index (χ0) is 16.4. The van der Waals surface area contributed by atoms with E-state index in [-0.39, 0.29) is 11.5 Å². The van der Waals surface area contributed by atoms with Crippen molar-refractivity contribution in [1.82, 2.24) is 15.3 Å². The number of fused-ring (bicyclic) bond motifs is 3. The van der Waals surface area contributed by atoms with Gasteiger partial charge in [0, 0.05) is 11.4 Å². The third-order valence-corrected chi connectivity index (χ3v) is 5.93. The predicted octanol–water partition coefficient (Wildman–Crippen LogP) is 2.48. The Hall–Kier alpha value is -1.34. The lowest BCUT2D eigenvalue weighted by Crippen LogP contribution is -2.28. The van der Waals surface area contributed by atoms with Gasteiger partial charge in [-0.1, -0.05) is 13.8 Å². The van der Waals surface area contributed by atoms with Gasteiger partial charge >= 0.3 is 0 Å². The molecule has 0 saturated heterocycles. The third-order valence-electron chi connectivity index (χ3n) is 3.80. The highest BCUT2D eigenvalue weighted by Gasteiger charge is 2.21. The Morgan fingerprint density at radius 3 is 3.04 bits per heavy atom. The SMILES string of the molecule is CC(C)CNC(=O)CSCc1nc2sc3c(c2c(=O)[nH]1)CCC3. The molecule has 0 radical (unpaired) electrons. The van der Waals surface area contributed by atoms with Crippen molar-refractivity contribution in [3.8, 4) is 0 Å². The highest BCUT2D eigenvalue weighted by Crippen LogP contribution is 2.34. The first-order valence-corrected chi connectivity index (χ1v) is 9.89. The summed E-state index contributed by atoms with van der Waals surface area (Å²) in [5.74, 6) is 2.06. The molecule has 0 fully saturated rings. The Morgan fingerprint density at radius 1 is 1.43 bits per heavy atom. The number of nitrogens with zero attached hydrogens (tertiary/aromatic N) is 1. The number of carbonyl (C=O) groups is 1. The minimum absolute atomic E-state index is 0.0298. The van der Waals surface area contributed by atoms with Gasteiger partial charge in [0.05, 0.1) is 16.9 Å². The lowest BCUT2D eigenvalue weighted by atomic mass is 10.2. The van der Waals surface area contributed by atoms with Gasteiger partial charge in [-0.2, -0.15) is 0 Å². The van der Waals surface area contributed by atoms with Crippen LogP contribution in [0.15, 0.2) is 4.79 Å². The molecule has 2 aromatic heterocycles. The zero-order valence-corrected chi connectivity index (χ0v) is 15.0. The summed E-state index contributed by atoms with van der Waals surface area (Å²) >= 11 is 3.12. The number of nitrogens with one attached hydrogen (secondary N) is 2. The van der Waals surface area contributed by atoms with Gasteiger partial charge in [0.2, 0.25) is 5.91 Å². The molecule has 0 unspecified atom stereocenters. The van der Waals surface area contributed by atoms with Crippen molar-refractivity contribution in [2.24, 2.45) is 5.92 Å². The van der Waals surface area contributed by atoms with Crippen LogP contribution in [0.1, 0.15) is 36.5 Å². The van der Waals surface area contributed by atoms with Crippen molar-refractivity contribution >= 4 is 39.2 Å². The monoisotopic (exact) mass is 351 g/mol. The van der Waals surface area contributed by atoms with E-state index < -0.39 is 0 Å². The van der Waals surface area contributed by atoms with Gasteiger partial charge in [-0.05, 0) is 30.7 Å². The zero-order valence-electron chi connectivity index (χ0n) is 13.4. The largest absolute Gasteiger partial charge is 0.355 e. The summed E-state index contributed by atoms with van der Waals surface area (Å²) in [6.07, 6.45) is 3.19. The minimum Gasteiger partial charge on any atom is -0.355 e. The van der Waals surface area contributed by atoms with E-state index in [9.17, 15) is 9.59 Å². The second-order valence-electron chi connectivity index (χ2n) is 6.24. The van der Waals surface area contributed by atoms with Crippen molar-refractivity contribution < 1.29 is 4.79 Å². The van der Waals surface area contributed by atoms with E-state index in [1.165, 1.54) is 22.2 Å². The average molecular weight is 351 g/mol. The van der Waals surface area contributed by atoms with E-state index in [2.05, 4.69) is 29.1 Å². The topological polar surface area (TPSA) is 74.8 Å². The Kier molecular flexibility index (Phi) is 5.06. The van der Waals surface area contributed by atoms with Gasteiger partial charge in [-0.15, -0.1) is 23.1 Å². The first kappa shape index (κ1) is 16.5. The summed E-state index contributed by atoms with van der Waals surface area (Å²) in [6, 6.07) is 0. The van der Waals surface area contributed by atoms with Gasteiger partial charge in [-0.25, -0.2) is 4.98 Å². The van der Waals surface area contributed by atoms with Crippen LogP contribution in [0.25, 0.3) is 10.2 Å². The van der Waals surface area contributed by atoms with Crippen molar-refractivity contribution in [3.05, 3.63) is 26.6 Å². The number of aromatic nitrogens is 2. The molecule has 2 aromatic rings. The van der Waals surface area contributed by atoms with Gasteiger partial charge in [0.1, 0.15) is 10.7 Å². The van der Waals surface area contributed by atoms with E-state index in [1.54, 1.807) is 11.3 Å². The van der Waals surface area contributed by atoms with Crippen molar-refractivity contribution in [2.45, 2.75) is 38.9 Å². The van der Waals surface area contributed by atoms with Gasteiger partial charge in [0.15, 0.2) is 0 Å².